The van der Waals surface area contributed by atoms with Crippen LogP contribution in [0.5, 0.6) is 0 Å². The van der Waals surface area contributed by atoms with Crippen LogP contribution < -0.4 is 5.32 Å². The second kappa shape index (κ2) is 5.49. The lowest BCUT2D eigenvalue weighted by atomic mass is 9.89. The van der Waals surface area contributed by atoms with Crippen LogP contribution in [0.2, 0.25) is 0 Å². The van der Waals surface area contributed by atoms with Crippen LogP contribution in [0, 0.1) is 17.3 Å². The van der Waals surface area contributed by atoms with Gasteiger partial charge >= 0.3 is 0 Å². The van der Waals surface area contributed by atoms with E-state index in [-0.39, 0.29) is 12.4 Å². The van der Waals surface area contributed by atoms with Gasteiger partial charge in [0.15, 0.2) is 0 Å². The van der Waals surface area contributed by atoms with Crippen molar-refractivity contribution in [3.8, 4) is 0 Å². The smallest absolute Gasteiger partial charge is 0.226 e. The number of amides is 1. The van der Waals surface area contributed by atoms with Crippen molar-refractivity contribution in [2.75, 3.05) is 19.6 Å². The number of carbonyl (C=O) groups excluding carboxylic acids is 1. The Morgan fingerprint density at radius 3 is 2.65 bits per heavy atom. The van der Waals surface area contributed by atoms with E-state index >= 15 is 0 Å². The first-order chi connectivity index (χ1) is 9.30. The van der Waals surface area contributed by atoms with E-state index in [0.29, 0.717) is 23.3 Å². The fourth-order valence-corrected chi connectivity index (χ4v) is 5.10. The largest absolute Gasteiger partial charge is 0.339 e. The van der Waals surface area contributed by atoms with Crippen molar-refractivity contribution in [2.45, 2.75) is 57.4 Å². The Balaban J connectivity index is 0.00000121. The molecule has 2 saturated carbocycles. The predicted molar refractivity (Wildman–Crippen MR) is 82.0 cm³/mol. The molecule has 1 amide bonds. The Bertz CT molecular complexity index is 381. The van der Waals surface area contributed by atoms with Gasteiger partial charge in [0.2, 0.25) is 5.91 Å². The summed E-state index contributed by atoms with van der Waals surface area (Å²) in [6, 6.07) is 0.612. The zero-order chi connectivity index (χ0) is 12.9. The average Bonchev–Trinajstić information content (AvgIpc) is 2.92. The molecule has 20 heavy (non-hydrogen) atoms. The number of carbonyl (C=O) groups is 1. The van der Waals surface area contributed by atoms with E-state index in [9.17, 15) is 4.79 Å². The Morgan fingerprint density at radius 1 is 1.10 bits per heavy atom. The van der Waals surface area contributed by atoms with Crippen LogP contribution in [0.15, 0.2) is 0 Å². The molecule has 4 heteroatoms. The molecule has 2 heterocycles. The molecular weight excluding hydrogens is 272 g/mol. The Morgan fingerprint density at radius 2 is 1.85 bits per heavy atom. The monoisotopic (exact) mass is 298 g/mol. The van der Waals surface area contributed by atoms with E-state index in [2.05, 4.69) is 10.2 Å². The molecule has 4 fully saturated rings. The third kappa shape index (κ3) is 2.27. The molecule has 2 aliphatic carbocycles. The SMILES string of the molecule is Cl.O=C(C1CC12CCNCC2)N1CCCC2CCCC21. The summed E-state index contributed by atoms with van der Waals surface area (Å²) in [4.78, 5) is 15.2. The van der Waals surface area contributed by atoms with Gasteiger partial charge in [-0.25, -0.2) is 0 Å². The van der Waals surface area contributed by atoms with Gasteiger partial charge in [0.25, 0.3) is 0 Å². The average molecular weight is 299 g/mol. The highest BCUT2D eigenvalue weighted by Crippen LogP contribution is 2.59. The molecule has 0 aromatic heterocycles. The first kappa shape index (κ1) is 14.6. The summed E-state index contributed by atoms with van der Waals surface area (Å²) in [6.07, 6.45) is 10.2. The molecule has 2 aliphatic heterocycles. The number of fused-ring (bicyclic) bond motifs is 1. The minimum absolute atomic E-state index is 0. The second-order valence-corrected chi connectivity index (χ2v) is 7.30. The van der Waals surface area contributed by atoms with E-state index in [1.165, 1.54) is 51.4 Å². The summed E-state index contributed by atoms with van der Waals surface area (Å²) >= 11 is 0. The molecule has 0 radical (unpaired) electrons. The van der Waals surface area contributed by atoms with Gasteiger partial charge in [-0.3, -0.25) is 4.79 Å². The number of nitrogens with zero attached hydrogens (tertiary/aromatic N) is 1. The van der Waals surface area contributed by atoms with Crippen LogP contribution in [0.1, 0.15) is 51.4 Å². The summed E-state index contributed by atoms with van der Waals surface area (Å²) < 4.78 is 0. The molecular formula is C16H27ClN2O. The second-order valence-electron chi connectivity index (χ2n) is 7.30. The molecule has 2 saturated heterocycles. The van der Waals surface area contributed by atoms with Crippen molar-refractivity contribution in [1.29, 1.82) is 0 Å². The minimum Gasteiger partial charge on any atom is -0.339 e. The number of hydrogen-bond donors (Lipinski definition) is 1. The van der Waals surface area contributed by atoms with Gasteiger partial charge in [-0.1, -0.05) is 6.42 Å². The Kier molecular flexibility index (Phi) is 4.02. The van der Waals surface area contributed by atoms with E-state index in [4.69, 9.17) is 0 Å². The highest BCUT2D eigenvalue weighted by Gasteiger charge is 2.59. The first-order valence-electron chi connectivity index (χ1n) is 8.31. The molecule has 0 aromatic carbocycles. The van der Waals surface area contributed by atoms with Gasteiger partial charge in [0.1, 0.15) is 0 Å². The topological polar surface area (TPSA) is 32.3 Å². The van der Waals surface area contributed by atoms with Gasteiger partial charge in [0, 0.05) is 18.5 Å². The zero-order valence-electron chi connectivity index (χ0n) is 12.3. The Hall–Kier alpha value is -0.280. The maximum absolute atomic E-state index is 12.9. The quantitative estimate of drug-likeness (QED) is 0.807. The van der Waals surface area contributed by atoms with Crippen LogP contribution in [-0.2, 0) is 4.79 Å². The highest BCUT2D eigenvalue weighted by atomic mass is 35.5. The summed E-state index contributed by atoms with van der Waals surface area (Å²) in [5.74, 6) is 1.74. The molecule has 114 valence electrons. The molecule has 1 N–H and O–H groups in total. The number of nitrogens with one attached hydrogen (secondary N) is 1. The third-order valence-electron chi connectivity index (χ3n) is 6.36. The summed E-state index contributed by atoms with van der Waals surface area (Å²) in [5.41, 5.74) is 0.411. The molecule has 3 atom stereocenters. The van der Waals surface area contributed by atoms with Gasteiger partial charge in [0.05, 0.1) is 0 Å². The van der Waals surface area contributed by atoms with E-state index < -0.39 is 0 Å². The predicted octanol–water partition coefficient (Wildman–Crippen LogP) is 2.59. The molecule has 1 spiro atoms. The summed E-state index contributed by atoms with van der Waals surface area (Å²) in [5, 5.41) is 3.43. The van der Waals surface area contributed by atoms with Crippen LogP contribution in [0.25, 0.3) is 0 Å². The molecule has 4 aliphatic rings. The van der Waals surface area contributed by atoms with Crippen LogP contribution in [0.3, 0.4) is 0 Å². The standard InChI is InChI=1S/C16H26N2O.ClH/c19-15(13-11-16(13)6-8-17-9-7-16)18-10-2-4-12-3-1-5-14(12)18;/h12-14,17H,1-11H2;1H. The first-order valence-corrected chi connectivity index (χ1v) is 8.31. The van der Waals surface area contributed by atoms with Crippen molar-refractivity contribution in [3.63, 3.8) is 0 Å². The molecule has 4 rings (SSSR count). The van der Waals surface area contributed by atoms with Crippen molar-refractivity contribution >= 4 is 18.3 Å². The van der Waals surface area contributed by atoms with E-state index in [1.54, 1.807) is 0 Å². The minimum atomic E-state index is 0. The maximum Gasteiger partial charge on any atom is 0.226 e. The number of piperidine rings is 2. The number of rotatable bonds is 1. The van der Waals surface area contributed by atoms with Gasteiger partial charge in [-0.2, -0.15) is 0 Å². The highest BCUT2D eigenvalue weighted by molar-refractivity contribution is 5.85. The van der Waals surface area contributed by atoms with Crippen molar-refractivity contribution < 1.29 is 4.79 Å². The lowest BCUT2D eigenvalue weighted by Crippen LogP contribution is -2.47. The summed E-state index contributed by atoms with van der Waals surface area (Å²) in [7, 11) is 0. The van der Waals surface area contributed by atoms with Crippen molar-refractivity contribution in [1.82, 2.24) is 10.2 Å². The van der Waals surface area contributed by atoms with E-state index in [0.717, 1.165) is 25.6 Å². The van der Waals surface area contributed by atoms with Gasteiger partial charge in [-0.15, -0.1) is 12.4 Å². The maximum atomic E-state index is 12.9. The number of halogens is 1. The third-order valence-corrected chi connectivity index (χ3v) is 6.36. The Labute approximate surface area is 128 Å². The fourth-order valence-electron chi connectivity index (χ4n) is 5.10. The van der Waals surface area contributed by atoms with Crippen LogP contribution >= 0.6 is 12.4 Å². The lowest BCUT2D eigenvalue weighted by Gasteiger charge is -2.38. The van der Waals surface area contributed by atoms with Gasteiger partial charge in [-0.05, 0) is 69.4 Å². The zero-order valence-corrected chi connectivity index (χ0v) is 13.1. The summed E-state index contributed by atoms with van der Waals surface area (Å²) in [6.45, 7) is 3.29. The number of likely N-dealkylation sites (tertiary alicyclic amines) is 1. The fraction of sp³-hybridized carbons (Fsp3) is 0.938. The van der Waals surface area contributed by atoms with Crippen LogP contribution in [0.4, 0.5) is 0 Å². The van der Waals surface area contributed by atoms with E-state index in [1.807, 2.05) is 0 Å². The molecule has 3 nitrogen and oxygen atoms in total. The normalized spacial score (nSPS) is 38.2. The lowest BCUT2D eigenvalue weighted by molar-refractivity contribution is -0.138. The van der Waals surface area contributed by atoms with Crippen molar-refractivity contribution in [3.05, 3.63) is 0 Å². The number of hydrogen-bond acceptors (Lipinski definition) is 2. The van der Waals surface area contributed by atoms with Crippen molar-refractivity contribution in [2.24, 2.45) is 17.3 Å². The molecule has 0 bridgehead atoms. The van der Waals surface area contributed by atoms with Gasteiger partial charge < -0.3 is 10.2 Å². The molecule has 0 aromatic rings. The molecule has 3 unspecified atom stereocenters. The van der Waals surface area contributed by atoms with Crippen LogP contribution in [-0.4, -0.2) is 36.5 Å².